The molecule has 188 valence electrons. The molecule has 1 saturated heterocycles. The van der Waals surface area contributed by atoms with Gasteiger partial charge in [-0.1, -0.05) is 41.4 Å². The summed E-state index contributed by atoms with van der Waals surface area (Å²) >= 11 is 6.14. The Bertz CT molecular complexity index is 1370. The van der Waals surface area contributed by atoms with E-state index in [1.54, 1.807) is 48.2 Å². The monoisotopic (exact) mass is 529 g/mol. The Morgan fingerprint density at radius 1 is 0.917 bits per heavy atom. The van der Waals surface area contributed by atoms with Crippen LogP contribution in [0.3, 0.4) is 0 Å². The van der Waals surface area contributed by atoms with E-state index < -0.39 is 27.0 Å². The van der Waals surface area contributed by atoms with E-state index in [9.17, 15) is 22.8 Å². The van der Waals surface area contributed by atoms with Gasteiger partial charge in [0.2, 0.25) is 15.2 Å². The second-order valence-corrected chi connectivity index (χ2v) is 10.7. The average molecular weight is 530 g/mol. The average Bonchev–Trinajstić information content (AvgIpc) is 3.42. The van der Waals surface area contributed by atoms with Crippen molar-refractivity contribution in [1.29, 1.82) is 0 Å². The lowest BCUT2D eigenvalue weighted by atomic mass is 10.2. The van der Waals surface area contributed by atoms with Gasteiger partial charge in [-0.3, -0.25) is 14.4 Å². The predicted octanol–water partition coefficient (Wildman–Crippen LogP) is 2.76. The molecule has 9 nitrogen and oxygen atoms in total. The van der Waals surface area contributed by atoms with Gasteiger partial charge in [-0.25, -0.2) is 8.42 Å². The number of benzene rings is 2. The zero-order chi connectivity index (χ0) is 25.9. The Kier molecular flexibility index (Phi) is 7.46. The maximum absolute atomic E-state index is 13.5. The second kappa shape index (κ2) is 10.5. The molecule has 1 unspecified atom stereocenters. The number of hydrogen-bond acceptors (Lipinski definition) is 6. The van der Waals surface area contributed by atoms with Gasteiger partial charge in [0, 0.05) is 26.2 Å². The maximum Gasteiger partial charge on any atom is 0.288 e. The number of amides is 3. The van der Waals surface area contributed by atoms with Gasteiger partial charge in [-0.15, -0.1) is 0 Å². The van der Waals surface area contributed by atoms with E-state index in [4.69, 9.17) is 16.0 Å². The van der Waals surface area contributed by atoms with Crippen molar-refractivity contribution in [2.45, 2.75) is 17.2 Å². The van der Waals surface area contributed by atoms with Crippen molar-refractivity contribution in [3.05, 3.63) is 88.8 Å². The molecule has 1 aliphatic rings. The minimum atomic E-state index is -4.29. The number of piperazine rings is 1. The molecule has 0 aliphatic carbocycles. The standard InChI is InChI=1S/C25H24ClN3O6S/c1-17-8-10-18(11-9-17)36(33,34)23(27-22(30)21-7-4-16-35-21)25(32)29-14-12-28(13-15-29)24(31)19-5-2-3-6-20(19)26/h2-11,16,23H,12-15H2,1H3,(H,27,30). The second-order valence-electron chi connectivity index (χ2n) is 8.29. The molecule has 11 heteroatoms. The summed E-state index contributed by atoms with van der Waals surface area (Å²) in [7, 11) is -4.29. The summed E-state index contributed by atoms with van der Waals surface area (Å²) in [6, 6.07) is 15.5. The molecule has 0 saturated carbocycles. The van der Waals surface area contributed by atoms with Crippen LogP contribution in [0.15, 0.2) is 76.2 Å². The van der Waals surface area contributed by atoms with Crippen molar-refractivity contribution in [1.82, 2.24) is 15.1 Å². The van der Waals surface area contributed by atoms with Crippen LogP contribution in [0.1, 0.15) is 26.5 Å². The highest BCUT2D eigenvalue weighted by Crippen LogP contribution is 2.21. The highest BCUT2D eigenvalue weighted by molar-refractivity contribution is 7.92. The molecule has 2 aromatic carbocycles. The molecule has 0 spiro atoms. The molecule has 2 heterocycles. The fourth-order valence-corrected chi connectivity index (χ4v) is 5.52. The van der Waals surface area contributed by atoms with Crippen molar-refractivity contribution in [2.75, 3.05) is 26.2 Å². The molecule has 3 amide bonds. The summed E-state index contributed by atoms with van der Waals surface area (Å²) in [6.45, 7) is 2.34. The quantitative estimate of drug-likeness (QED) is 0.525. The fourth-order valence-electron chi connectivity index (χ4n) is 3.83. The van der Waals surface area contributed by atoms with Crippen molar-refractivity contribution in [2.24, 2.45) is 0 Å². The first kappa shape index (κ1) is 25.5. The van der Waals surface area contributed by atoms with Crippen molar-refractivity contribution < 1.29 is 27.2 Å². The van der Waals surface area contributed by atoms with Crippen LogP contribution in [-0.4, -0.2) is 67.5 Å². The molecule has 1 N–H and O–H groups in total. The first-order valence-corrected chi connectivity index (χ1v) is 13.1. The molecule has 1 fully saturated rings. The van der Waals surface area contributed by atoms with Gasteiger partial charge in [0.05, 0.1) is 21.7 Å². The van der Waals surface area contributed by atoms with Crippen LogP contribution in [0.25, 0.3) is 0 Å². The summed E-state index contributed by atoms with van der Waals surface area (Å²) in [6.07, 6.45) is 1.27. The predicted molar refractivity (Wildman–Crippen MR) is 132 cm³/mol. The summed E-state index contributed by atoms with van der Waals surface area (Å²) < 4.78 is 32.0. The molecule has 1 aromatic heterocycles. The molecule has 0 bridgehead atoms. The lowest BCUT2D eigenvalue weighted by molar-refractivity contribution is -0.132. The minimum Gasteiger partial charge on any atom is -0.459 e. The molecular formula is C25H24ClN3O6S. The number of nitrogens with one attached hydrogen (secondary N) is 1. The Labute approximate surface area is 213 Å². The number of rotatable bonds is 6. The van der Waals surface area contributed by atoms with E-state index >= 15 is 0 Å². The van der Waals surface area contributed by atoms with E-state index in [0.29, 0.717) is 10.6 Å². The minimum absolute atomic E-state index is 0.0889. The van der Waals surface area contributed by atoms with Crippen LogP contribution in [0.5, 0.6) is 0 Å². The van der Waals surface area contributed by atoms with Gasteiger partial charge >= 0.3 is 0 Å². The summed E-state index contributed by atoms with van der Waals surface area (Å²) in [5.41, 5.74) is 1.19. The number of furan rings is 1. The van der Waals surface area contributed by atoms with Gasteiger partial charge in [0.25, 0.3) is 17.7 Å². The normalized spacial score (nSPS) is 14.8. The molecule has 1 atom stereocenters. The number of sulfone groups is 1. The van der Waals surface area contributed by atoms with Crippen LogP contribution in [0.2, 0.25) is 5.02 Å². The third-order valence-corrected chi connectivity index (χ3v) is 8.07. The van der Waals surface area contributed by atoms with E-state index in [-0.39, 0.29) is 42.7 Å². The van der Waals surface area contributed by atoms with Gasteiger partial charge in [0.15, 0.2) is 5.76 Å². The lowest BCUT2D eigenvalue weighted by Gasteiger charge is -2.36. The Morgan fingerprint density at radius 2 is 1.56 bits per heavy atom. The fraction of sp³-hybridized carbons (Fsp3) is 0.240. The topological polar surface area (TPSA) is 117 Å². The zero-order valence-corrected chi connectivity index (χ0v) is 21.0. The van der Waals surface area contributed by atoms with Crippen LogP contribution >= 0.6 is 11.6 Å². The maximum atomic E-state index is 13.5. The number of hydrogen-bond donors (Lipinski definition) is 1. The first-order chi connectivity index (χ1) is 17.2. The van der Waals surface area contributed by atoms with Gasteiger partial charge < -0.3 is 19.5 Å². The van der Waals surface area contributed by atoms with Gasteiger partial charge in [-0.05, 0) is 43.3 Å². The van der Waals surface area contributed by atoms with Crippen LogP contribution < -0.4 is 5.32 Å². The highest BCUT2D eigenvalue weighted by Gasteiger charge is 2.40. The Hall–Kier alpha value is -3.63. The molecular weight excluding hydrogens is 506 g/mol. The number of aryl methyl sites for hydroxylation is 1. The van der Waals surface area contributed by atoms with Crippen LogP contribution in [0.4, 0.5) is 0 Å². The summed E-state index contributed by atoms with van der Waals surface area (Å²) in [5.74, 6) is -2.02. The number of halogens is 1. The van der Waals surface area contributed by atoms with E-state index in [1.165, 1.54) is 35.4 Å². The third kappa shape index (κ3) is 5.29. The lowest BCUT2D eigenvalue weighted by Crippen LogP contribution is -2.57. The molecule has 0 radical (unpaired) electrons. The van der Waals surface area contributed by atoms with Crippen LogP contribution in [-0.2, 0) is 14.6 Å². The molecule has 36 heavy (non-hydrogen) atoms. The first-order valence-electron chi connectivity index (χ1n) is 11.2. The number of carbonyl (C=O) groups excluding carboxylic acids is 3. The SMILES string of the molecule is Cc1ccc(S(=O)(=O)C(NC(=O)c2ccco2)C(=O)N2CCN(C(=O)c3ccccc3Cl)CC2)cc1. The summed E-state index contributed by atoms with van der Waals surface area (Å²) in [4.78, 5) is 41.8. The highest BCUT2D eigenvalue weighted by atomic mass is 35.5. The molecule has 4 rings (SSSR count). The smallest absolute Gasteiger partial charge is 0.288 e. The molecule has 3 aromatic rings. The van der Waals surface area contributed by atoms with E-state index in [1.807, 2.05) is 0 Å². The zero-order valence-electron chi connectivity index (χ0n) is 19.4. The van der Waals surface area contributed by atoms with Crippen LogP contribution in [0, 0.1) is 6.92 Å². The Balaban J connectivity index is 1.54. The number of carbonyl (C=O) groups is 3. The van der Waals surface area contributed by atoms with E-state index in [2.05, 4.69) is 5.32 Å². The van der Waals surface area contributed by atoms with Gasteiger partial charge in [-0.2, -0.15) is 0 Å². The summed E-state index contributed by atoms with van der Waals surface area (Å²) in [5, 5.41) is 0.781. The molecule has 1 aliphatic heterocycles. The Morgan fingerprint density at radius 3 is 2.17 bits per heavy atom. The third-order valence-electron chi connectivity index (χ3n) is 5.87. The van der Waals surface area contributed by atoms with Gasteiger partial charge in [0.1, 0.15) is 0 Å². The van der Waals surface area contributed by atoms with Crippen molar-refractivity contribution in [3.63, 3.8) is 0 Å². The van der Waals surface area contributed by atoms with Crippen molar-refractivity contribution in [3.8, 4) is 0 Å². The van der Waals surface area contributed by atoms with Crippen molar-refractivity contribution >= 4 is 39.2 Å². The largest absolute Gasteiger partial charge is 0.459 e. The van der Waals surface area contributed by atoms with E-state index in [0.717, 1.165) is 5.56 Å². The number of nitrogens with zero attached hydrogens (tertiary/aromatic N) is 2.